The molecule has 0 fully saturated rings. The molecule has 0 N–H and O–H groups in total. The first-order valence-corrected chi connectivity index (χ1v) is 19.8. The fraction of sp³-hybridized carbons (Fsp3) is 0. The van der Waals surface area contributed by atoms with Crippen molar-refractivity contribution >= 4 is 131 Å². The molecule has 0 spiro atoms. The maximum atomic E-state index is 5.25. The minimum absolute atomic E-state index is 0.415. The first-order chi connectivity index (χ1) is 6.00. The zero-order valence-corrected chi connectivity index (χ0v) is 17.3. The molecule has 0 saturated carbocycles. The molecule has 0 amide bonds. The van der Waals surface area contributed by atoms with Gasteiger partial charge in [-0.2, -0.15) is 0 Å². The minimum Gasteiger partial charge on any atom is -0.271 e. The van der Waals surface area contributed by atoms with Crippen LogP contribution in [0.2, 0.25) is 0 Å². The van der Waals surface area contributed by atoms with E-state index >= 15 is 0 Å². The SMILES string of the molecule is S=PS(=S)(=S)S(=S)(=S)S(=S)(=S)[S-](=S)=S. The maximum Gasteiger partial charge on any atom is 0.0633 e. The van der Waals surface area contributed by atoms with Crippen LogP contribution in [0.3, 0.4) is 0 Å². The summed E-state index contributed by atoms with van der Waals surface area (Å²) >= 11 is 45.9. The molecule has 0 rings (SSSR count). The van der Waals surface area contributed by atoms with Crippen LogP contribution in [-0.4, -0.2) is 0 Å². The summed E-state index contributed by atoms with van der Waals surface area (Å²) in [6, 6.07) is 0. The van der Waals surface area contributed by atoms with Crippen LogP contribution in [0.25, 0.3) is 0 Å². The summed E-state index contributed by atoms with van der Waals surface area (Å²) in [5.41, 5.74) is 0. The Morgan fingerprint density at radius 3 is 1.43 bits per heavy atom. The lowest BCUT2D eigenvalue weighted by molar-refractivity contribution is 5.16. The van der Waals surface area contributed by atoms with Crippen molar-refractivity contribution < 1.29 is 0 Å². The summed E-state index contributed by atoms with van der Waals surface area (Å²) in [6.45, 7) is 0.415. The summed E-state index contributed by atoms with van der Waals surface area (Å²) in [5, 5.41) is -4.56. The lowest BCUT2D eigenvalue weighted by Gasteiger charge is -2.22. The zero-order valence-electron chi connectivity index (χ0n) is 5.75. The van der Waals surface area contributed by atoms with Crippen LogP contribution < -0.4 is 0 Å². The molecular formula is PS13-. The van der Waals surface area contributed by atoms with Gasteiger partial charge in [-0.3, -0.25) is 7.05 Å². The molecule has 0 heterocycles. The van der Waals surface area contributed by atoms with Gasteiger partial charge in [-0.25, -0.2) is 22.4 Å². The van der Waals surface area contributed by atoms with Gasteiger partial charge in [0.05, 0.1) is 6.56 Å². The Hall–Kier alpha value is 3.68. The Balaban J connectivity index is 6.35. The van der Waals surface area contributed by atoms with Crippen molar-refractivity contribution in [1.82, 2.24) is 0 Å². The molecule has 0 aromatic carbocycles. The molecule has 0 radical (unpaired) electrons. The van der Waals surface area contributed by atoms with Crippen molar-refractivity contribution in [3.63, 3.8) is 0 Å². The van der Waals surface area contributed by atoms with E-state index in [1.807, 2.05) is 0 Å². The van der Waals surface area contributed by atoms with E-state index in [4.69, 9.17) is 101 Å². The topological polar surface area (TPSA) is 0 Å². The van der Waals surface area contributed by atoms with Crippen LogP contribution in [0.4, 0.5) is 0 Å². The van der Waals surface area contributed by atoms with Crippen LogP contribution >= 0.6 is 6.56 Å². The third kappa shape index (κ3) is 3.59. The van der Waals surface area contributed by atoms with Gasteiger partial charge in [0.2, 0.25) is 0 Å². The Bertz CT molecular complexity index is 587. The molecule has 0 aliphatic carbocycles. The summed E-state index contributed by atoms with van der Waals surface area (Å²) < 4.78 is 0. The van der Waals surface area contributed by atoms with Crippen LogP contribution in [0.1, 0.15) is 0 Å². The highest BCUT2D eigenvalue weighted by atomic mass is 34.2. The van der Waals surface area contributed by atoms with Crippen molar-refractivity contribution in [2.75, 3.05) is 0 Å². The predicted molar refractivity (Wildman–Crippen MR) is 103 cm³/mol. The van der Waals surface area contributed by atoms with E-state index in [2.05, 4.69) is 0 Å². The molecule has 0 unspecified atom stereocenters. The highest BCUT2D eigenvalue weighted by Gasteiger charge is 2.15. The van der Waals surface area contributed by atoms with Crippen molar-refractivity contribution in [1.29, 1.82) is 0 Å². The Morgan fingerprint density at radius 2 is 1.21 bits per heavy atom. The normalized spacial score (nSPS) is 14.6. The van der Waals surface area contributed by atoms with E-state index in [0.29, 0.717) is 6.56 Å². The van der Waals surface area contributed by atoms with Gasteiger partial charge in [0.1, 0.15) is 0 Å². The van der Waals surface area contributed by atoms with E-state index in [1.54, 1.807) is 0 Å². The molecule has 84 valence electrons. The Morgan fingerprint density at radius 1 is 0.857 bits per heavy atom. The summed E-state index contributed by atoms with van der Waals surface area (Å²) in [4.78, 5) is 0. The zero-order chi connectivity index (χ0) is 11.8. The lowest BCUT2D eigenvalue weighted by atomic mass is 29.8. The smallest absolute Gasteiger partial charge is 0.0633 e. The molecule has 0 bridgehead atoms. The third-order valence-corrected chi connectivity index (χ3v) is 62.0. The fourth-order valence-electron chi connectivity index (χ4n) is 0.211. The summed E-state index contributed by atoms with van der Waals surface area (Å²) in [5.74, 6) is -2.13. The summed E-state index contributed by atoms with van der Waals surface area (Å²) in [7, 11) is -0.998. The largest absolute Gasteiger partial charge is 0.271 e. The van der Waals surface area contributed by atoms with E-state index in [1.165, 1.54) is 0 Å². The van der Waals surface area contributed by atoms with Gasteiger partial charge in [0.15, 0.2) is 0 Å². The first-order valence-electron chi connectivity index (χ1n) is 2.20. The van der Waals surface area contributed by atoms with Crippen LogP contribution in [-0.2, 0) is 125 Å². The monoisotopic (exact) mass is 447 g/mol. The van der Waals surface area contributed by atoms with Crippen molar-refractivity contribution in [3.05, 3.63) is 0 Å². The predicted octanol–water partition coefficient (Wildman–Crippen LogP) is 0.830. The highest BCUT2D eigenvalue weighted by Crippen LogP contribution is 2.27. The van der Waals surface area contributed by atoms with Crippen molar-refractivity contribution in [3.8, 4) is 0 Å². The second kappa shape index (κ2) is 6.22. The molecule has 14 heteroatoms. The van der Waals surface area contributed by atoms with Gasteiger partial charge in [0, 0.05) is 11.0 Å². The van der Waals surface area contributed by atoms with Gasteiger partial charge in [-0.1, -0.05) is 27.6 Å². The van der Waals surface area contributed by atoms with E-state index in [-0.39, 0.29) is 0 Å². The van der Waals surface area contributed by atoms with E-state index in [9.17, 15) is 0 Å². The van der Waals surface area contributed by atoms with Crippen LogP contribution in [0, 0.1) is 0 Å². The molecule has 0 aromatic heterocycles. The first kappa shape index (κ1) is 17.7. The second-order valence-corrected chi connectivity index (χ2v) is 41.1. The average molecular weight is 448 g/mol. The summed E-state index contributed by atoms with van der Waals surface area (Å²) in [6.07, 6.45) is 0. The lowest BCUT2D eigenvalue weighted by Crippen LogP contribution is -2.15. The average Bonchev–Trinajstić information content (AvgIpc) is 2.03. The molecule has 0 aliphatic heterocycles. The quantitative estimate of drug-likeness (QED) is 0.346. The number of rotatable bonds is 4. The van der Waals surface area contributed by atoms with Crippen LogP contribution in [0.15, 0.2) is 0 Å². The van der Waals surface area contributed by atoms with E-state index in [0.717, 1.165) is 0 Å². The minimum atomic E-state index is -2.31. The molecule has 0 nitrogen and oxygen atoms in total. The fourth-order valence-corrected chi connectivity index (χ4v) is 51.2. The Kier molecular flexibility index (Phi) is 7.85. The van der Waals surface area contributed by atoms with E-state index < -0.39 is 23.3 Å². The van der Waals surface area contributed by atoms with Gasteiger partial charge < -0.3 is 0 Å². The molecule has 0 atom stereocenters. The van der Waals surface area contributed by atoms with Gasteiger partial charge in [-0.05, 0) is 56.6 Å². The van der Waals surface area contributed by atoms with Gasteiger partial charge >= 0.3 is 0 Å². The number of hydrogen-bond donors (Lipinski definition) is 0. The molecular weight excluding hydrogens is 448 g/mol. The highest BCUT2D eigenvalue weighted by molar-refractivity contribution is 9.53. The van der Waals surface area contributed by atoms with Crippen LogP contribution in [0.5, 0.6) is 0 Å². The molecule has 0 aromatic rings. The molecule has 0 aliphatic rings. The molecule has 14 heavy (non-hydrogen) atoms. The molecule has 0 saturated heterocycles. The maximum absolute atomic E-state index is 5.25. The Labute approximate surface area is 128 Å². The second-order valence-electron chi connectivity index (χ2n) is 1.52. The van der Waals surface area contributed by atoms with Crippen molar-refractivity contribution in [2.45, 2.75) is 0 Å². The third-order valence-electron chi connectivity index (χ3n) is 0.766. The number of hydrogen-bond acceptors (Lipinski definition) is 10. The standard InChI is InChI=1S/PS13/c2-1-12(5,6)14(9,10)13(7,8)11(3)4/q-1. The van der Waals surface area contributed by atoms with Gasteiger partial charge in [-0.15, -0.1) is 0 Å². The van der Waals surface area contributed by atoms with Gasteiger partial charge in [0.25, 0.3) is 0 Å². The van der Waals surface area contributed by atoms with Crippen molar-refractivity contribution in [2.24, 2.45) is 0 Å².